The van der Waals surface area contributed by atoms with Crippen molar-refractivity contribution in [2.75, 3.05) is 5.73 Å². The van der Waals surface area contributed by atoms with Crippen molar-refractivity contribution in [3.05, 3.63) is 53.6 Å². The molecule has 0 aliphatic heterocycles. The Kier molecular flexibility index (Phi) is 2.59. The molecule has 0 radical (unpaired) electrons. The molecule has 0 aliphatic carbocycles. The van der Waals surface area contributed by atoms with Gasteiger partial charge in [-0.1, -0.05) is 0 Å². The number of aromatic nitrogens is 4. The van der Waals surface area contributed by atoms with Crippen LogP contribution in [0.4, 0.5) is 14.6 Å². The maximum atomic E-state index is 13.6. The van der Waals surface area contributed by atoms with Gasteiger partial charge in [-0.15, -0.1) is 10.2 Å². The molecule has 2 N–H and O–H groups in total. The lowest BCUT2D eigenvalue weighted by Crippen LogP contribution is -2.01. The van der Waals surface area contributed by atoms with Gasteiger partial charge in [0.15, 0.2) is 5.82 Å². The molecule has 3 rings (SSSR count). The zero-order valence-corrected chi connectivity index (χ0v) is 9.72. The molecule has 0 saturated heterocycles. The Morgan fingerprint density at radius 2 is 2.05 bits per heavy atom. The minimum Gasteiger partial charge on any atom is -0.381 e. The fraction of sp³-hybridized carbons (Fsp3) is 0.0833. The molecule has 2 aromatic heterocycles. The first kappa shape index (κ1) is 11.5. The first-order valence-electron chi connectivity index (χ1n) is 5.53. The summed E-state index contributed by atoms with van der Waals surface area (Å²) in [5, 5.41) is 7.80. The summed E-state index contributed by atoms with van der Waals surface area (Å²) in [5.41, 5.74) is 6.26. The molecule has 1 aromatic carbocycles. The van der Waals surface area contributed by atoms with E-state index in [-0.39, 0.29) is 17.8 Å². The van der Waals surface area contributed by atoms with Crippen LogP contribution in [-0.4, -0.2) is 19.6 Å². The molecule has 19 heavy (non-hydrogen) atoms. The molecule has 5 nitrogen and oxygen atoms in total. The van der Waals surface area contributed by atoms with Gasteiger partial charge >= 0.3 is 0 Å². The summed E-state index contributed by atoms with van der Waals surface area (Å²) in [6.07, 6.45) is 3.24. The summed E-state index contributed by atoms with van der Waals surface area (Å²) < 4.78 is 28.3. The first-order valence-corrected chi connectivity index (χ1v) is 5.53. The lowest BCUT2D eigenvalue weighted by molar-refractivity contribution is 0.587. The average molecular weight is 261 g/mol. The maximum Gasteiger partial charge on any atom is 0.203 e. The summed E-state index contributed by atoms with van der Waals surface area (Å²) in [5.74, 6) is -0.277. The number of nitrogen functional groups attached to an aromatic ring is 1. The van der Waals surface area contributed by atoms with Crippen molar-refractivity contribution in [1.82, 2.24) is 19.6 Å². The summed E-state index contributed by atoms with van der Waals surface area (Å²) in [6.45, 7) is 0. The predicted octanol–water partition coefficient (Wildman–Crippen LogP) is 1.58. The number of halogens is 2. The quantitative estimate of drug-likeness (QED) is 0.760. The van der Waals surface area contributed by atoms with Crippen LogP contribution in [-0.2, 0) is 6.42 Å². The van der Waals surface area contributed by atoms with Crippen molar-refractivity contribution in [3.8, 4) is 0 Å². The maximum absolute atomic E-state index is 13.6. The van der Waals surface area contributed by atoms with Gasteiger partial charge in [0.05, 0.1) is 0 Å². The number of benzene rings is 1. The topological polar surface area (TPSA) is 69.1 Å². The zero-order valence-electron chi connectivity index (χ0n) is 9.72. The highest BCUT2D eigenvalue weighted by Gasteiger charge is 2.12. The minimum absolute atomic E-state index is 0.119. The monoisotopic (exact) mass is 261 g/mol. The van der Waals surface area contributed by atoms with Gasteiger partial charge in [0.1, 0.15) is 17.5 Å². The highest BCUT2D eigenvalue weighted by atomic mass is 19.1. The molecular weight excluding hydrogens is 252 g/mol. The van der Waals surface area contributed by atoms with E-state index in [0.717, 1.165) is 18.2 Å². The summed E-state index contributed by atoms with van der Waals surface area (Å²) >= 11 is 0. The molecule has 0 spiro atoms. The molecule has 0 bridgehead atoms. The van der Waals surface area contributed by atoms with Crippen molar-refractivity contribution in [1.29, 1.82) is 0 Å². The Hall–Kier alpha value is -2.57. The second-order valence-electron chi connectivity index (χ2n) is 4.03. The van der Waals surface area contributed by atoms with E-state index in [1.165, 1.54) is 6.20 Å². The smallest absolute Gasteiger partial charge is 0.203 e. The van der Waals surface area contributed by atoms with E-state index in [1.807, 2.05) is 0 Å². The van der Waals surface area contributed by atoms with Gasteiger partial charge in [0.25, 0.3) is 0 Å². The summed E-state index contributed by atoms with van der Waals surface area (Å²) in [4.78, 5) is 3.88. The number of anilines is 1. The van der Waals surface area contributed by atoms with Gasteiger partial charge in [-0.2, -0.15) is 0 Å². The van der Waals surface area contributed by atoms with Crippen LogP contribution in [0.25, 0.3) is 5.65 Å². The number of nitrogens with two attached hydrogens (primary N) is 1. The van der Waals surface area contributed by atoms with Crippen molar-refractivity contribution in [2.45, 2.75) is 6.42 Å². The Labute approximate surface area is 106 Å². The van der Waals surface area contributed by atoms with E-state index in [0.29, 0.717) is 11.5 Å². The fourth-order valence-corrected chi connectivity index (χ4v) is 1.86. The third kappa shape index (κ3) is 1.99. The molecule has 3 aromatic rings. The van der Waals surface area contributed by atoms with Crippen molar-refractivity contribution in [3.63, 3.8) is 0 Å². The van der Waals surface area contributed by atoms with Crippen molar-refractivity contribution >= 4 is 11.5 Å². The van der Waals surface area contributed by atoms with Gasteiger partial charge in [0, 0.05) is 18.8 Å². The second-order valence-corrected chi connectivity index (χ2v) is 4.03. The Balaban J connectivity index is 2.06. The van der Waals surface area contributed by atoms with Gasteiger partial charge < -0.3 is 5.73 Å². The van der Waals surface area contributed by atoms with Crippen molar-refractivity contribution < 1.29 is 8.78 Å². The molecule has 0 atom stereocenters. The summed E-state index contributed by atoms with van der Waals surface area (Å²) in [7, 11) is 0. The van der Waals surface area contributed by atoms with Crippen LogP contribution in [0.15, 0.2) is 30.6 Å². The molecular formula is C12H9F2N5. The van der Waals surface area contributed by atoms with Crippen LogP contribution in [0.2, 0.25) is 0 Å². The third-order valence-electron chi connectivity index (χ3n) is 2.78. The Bertz CT molecular complexity index is 753. The third-order valence-corrected chi connectivity index (χ3v) is 2.78. The number of fused-ring (bicyclic) bond motifs is 1. The molecule has 2 heterocycles. The van der Waals surface area contributed by atoms with Gasteiger partial charge in [-0.25, -0.2) is 13.8 Å². The number of hydrogen-bond acceptors (Lipinski definition) is 4. The molecule has 7 heteroatoms. The molecule has 0 aliphatic rings. The van der Waals surface area contributed by atoms with E-state index < -0.39 is 11.6 Å². The van der Waals surface area contributed by atoms with Gasteiger partial charge in [-0.05, 0) is 23.8 Å². The number of nitrogens with zero attached hydrogens (tertiary/aromatic N) is 4. The average Bonchev–Trinajstić information content (AvgIpc) is 2.79. The van der Waals surface area contributed by atoms with Gasteiger partial charge in [-0.3, -0.25) is 4.40 Å². The number of rotatable bonds is 2. The van der Waals surface area contributed by atoms with Crippen LogP contribution in [0.3, 0.4) is 0 Å². The van der Waals surface area contributed by atoms with E-state index >= 15 is 0 Å². The first-order chi connectivity index (χ1) is 9.15. The lowest BCUT2D eigenvalue weighted by Gasteiger charge is -2.03. The SMILES string of the molecule is Nc1nccn2c(Cc3cc(F)ccc3F)nnc12. The van der Waals surface area contributed by atoms with E-state index in [9.17, 15) is 8.78 Å². The standard InChI is InChI=1S/C12H9F2N5/c13-8-1-2-9(14)7(5-8)6-10-17-18-12-11(15)16-3-4-19(10)12/h1-5H,6H2,(H2,15,16). The lowest BCUT2D eigenvalue weighted by atomic mass is 10.1. The van der Waals surface area contributed by atoms with Crippen LogP contribution >= 0.6 is 0 Å². The van der Waals surface area contributed by atoms with Crippen molar-refractivity contribution in [2.24, 2.45) is 0 Å². The Morgan fingerprint density at radius 1 is 1.21 bits per heavy atom. The van der Waals surface area contributed by atoms with Crippen LogP contribution < -0.4 is 5.73 Å². The molecule has 0 unspecified atom stereocenters. The van der Waals surface area contributed by atoms with Crippen LogP contribution in [0, 0.1) is 11.6 Å². The highest BCUT2D eigenvalue weighted by molar-refractivity contribution is 5.58. The Morgan fingerprint density at radius 3 is 2.89 bits per heavy atom. The van der Waals surface area contributed by atoms with Crippen LogP contribution in [0.5, 0.6) is 0 Å². The minimum atomic E-state index is -0.494. The van der Waals surface area contributed by atoms with E-state index in [4.69, 9.17) is 5.73 Å². The highest BCUT2D eigenvalue weighted by Crippen LogP contribution is 2.16. The van der Waals surface area contributed by atoms with E-state index in [1.54, 1.807) is 10.6 Å². The fourth-order valence-electron chi connectivity index (χ4n) is 1.86. The van der Waals surface area contributed by atoms with E-state index in [2.05, 4.69) is 15.2 Å². The summed E-state index contributed by atoms with van der Waals surface area (Å²) in [6, 6.07) is 3.30. The molecule has 0 saturated carbocycles. The van der Waals surface area contributed by atoms with Crippen LogP contribution in [0.1, 0.15) is 11.4 Å². The second kappa shape index (κ2) is 4.27. The number of hydrogen-bond donors (Lipinski definition) is 1. The zero-order chi connectivity index (χ0) is 13.4. The predicted molar refractivity (Wildman–Crippen MR) is 64.4 cm³/mol. The molecule has 96 valence electrons. The van der Waals surface area contributed by atoms with Gasteiger partial charge in [0.2, 0.25) is 5.65 Å². The largest absolute Gasteiger partial charge is 0.381 e. The molecule has 0 fully saturated rings. The molecule has 0 amide bonds. The normalized spacial score (nSPS) is 11.1.